The number of amides is 4. The first-order chi connectivity index (χ1) is 14.2. The molecular weight excluding hydrogens is 433 g/mol. The zero-order valence-electron chi connectivity index (χ0n) is 16.4. The van der Waals surface area contributed by atoms with Crippen LogP contribution >= 0.6 is 23.2 Å². The topological polar surface area (TPSA) is 97.0 Å². The third-order valence-corrected chi connectivity index (χ3v) is 5.58. The average molecular weight is 452 g/mol. The lowest BCUT2D eigenvalue weighted by molar-refractivity contribution is -0.133. The molecule has 0 aromatic heterocycles. The van der Waals surface area contributed by atoms with Gasteiger partial charge < -0.3 is 20.1 Å². The van der Waals surface area contributed by atoms with Gasteiger partial charge in [-0.05, 0) is 36.8 Å². The van der Waals surface area contributed by atoms with Gasteiger partial charge in [0.2, 0.25) is 5.91 Å². The van der Waals surface area contributed by atoms with Gasteiger partial charge in [-0.15, -0.1) is 0 Å². The molecule has 0 aliphatic carbocycles. The summed E-state index contributed by atoms with van der Waals surface area (Å²) in [6.45, 7) is 1.07. The number of ether oxygens (including phenoxy) is 2. The van der Waals surface area contributed by atoms with Gasteiger partial charge in [0.1, 0.15) is 12.1 Å². The highest BCUT2D eigenvalue weighted by Crippen LogP contribution is 2.35. The molecule has 1 saturated heterocycles. The average Bonchev–Trinajstić information content (AvgIpc) is 2.94. The van der Waals surface area contributed by atoms with Crippen LogP contribution in [0.25, 0.3) is 0 Å². The van der Waals surface area contributed by atoms with Crippen molar-refractivity contribution >= 4 is 46.7 Å². The van der Waals surface area contributed by atoms with Crippen molar-refractivity contribution in [2.75, 3.05) is 26.1 Å². The Morgan fingerprint density at radius 1 is 1.13 bits per heavy atom. The Morgan fingerprint density at radius 3 is 2.50 bits per heavy atom. The predicted octanol–water partition coefficient (Wildman–Crippen LogP) is 3.42. The summed E-state index contributed by atoms with van der Waals surface area (Å²) in [4.78, 5) is 38.8. The quantitative estimate of drug-likeness (QED) is 0.655. The molecule has 158 valence electrons. The van der Waals surface area contributed by atoms with Crippen molar-refractivity contribution in [2.45, 2.75) is 12.5 Å². The van der Waals surface area contributed by atoms with Crippen LogP contribution in [0.4, 0.5) is 10.5 Å². The van der Waals surface area contributed by atoms with Crippen LogP contribution in [0.15, 0.2) is 36.4 Å². The Hall–Kier alpha value is -2.97. The second-order valence-corrected chi connectivity index (χ2v) is 7.45. The van der Waals surface area contributed by atoms with Gasteiger partial charge in [0, 0.05) is 0 Å². The minimum atomic E-state index is -1.37. The van der Waals surface area contributed by atoms with E-state index >= 15 is 0 Å². The van der Waals surface area contributed by atoms with Gasteiger partial charge in [-0.2, -0.15) is 0 Å². The summed E-state index contributed by atoms with van der Waals surface area (Å²) >= 11 is 12.0. The molecule has 4 amide bonds. The molecule has 3 rings (SSSR count). The number of urea groups is 1. The van der Waals surface area contributed by atoms with Gasteiger partial charge in [-0.1, -0.05) is 35.3 Å². The molecule has 0 bridgehead atoms. The molecule has 30 heavy (non-hydrogen) atoms. The number of carbonyl (C=O) groups is 3. The highest BCUT2D eigenvalue weighted by atomic mass is 35.5. The zero-order valence-corrected chi connectivity index (χ0v) is 17.9. The van der Waals surface area contributed by atoms with Crippen molar-refractivity contribution in [3.8, 4) is 11.5 Å². The monoisotopic (exact) mass is 451 g/mol. The van der Waals surface area contributed by atoms with Crippen molar-refractivity contribution < 1.29 is 23.9 Å². The van der Waals surface area contributed by atoms with E-state index in [2.05, 4.69) is 10.6 Å². The smallest absolute Gasteiger partial charge is 0.325 e. The molecule has 1 aliphatic rings. The van der Waals surface area contributed by atoms with Crippen molar-refractivity contribution in [1.82, 2.24) is 10.2 Å². The molecule has 1 aliphatic heterocycles. The highest BCUT2D eigenvalue weighted by Gasteiger charge is 2.49. The number of hydrogen-bond donors (Lipinski definition) is 2. The lowest BCUT2D eigenvalue weighted by atomic mass is 9.91. The number of benzene rings is 2. The number of halogens is 2. The maximum atomic E-state index is 13.0. The summed E-state index contributed by atoms with van der Waals surface area (Å²) in [5.41, 5.74) is -0.604. The van der Waals surface area contributed by atoms with Crippen molar-refractivity contribution in [3.05, 3.63) is 52.0 Å². The highest BCUT2D eigenvalue weighted by molar-refractivity contribution is 6.44. The Labute approximate surface area is 183 Å². The number of carbonyl (C=O) groups excluding carboxylic acids is 3. The molecule has 1 heterocycles. The number of nitrogens with one attached hydrogen (secondary N) is 2. The number of methoxy groups -OCH3 is 2. The minimum Gasteiger partial charge on any atom is -0.493 e. The fourth-order valence-electron chi connectivity index (χ4n) is 3.12. The van der Waals surface area contributed by atoms with Crippen LogP contribution < -0.4 is 20.1 Å². The van der Waals surface area contributed by atoms with E-state index in [0.29, 0.717) is 17.1 Å². The van der Waals surface area contributed by atoms with E-state index in [9.17, 15) is 14.4 Å². The molecule has 1 atom stereocenters. The van der Waals surface area contributed by atoms with E-state index in [-0.39, 0.29) is 15.7 Å². The Kier molecular flexibility index (Phi) is 6.09. The second kappa shape index (κ2) is 8.41. The van der Waals surface area contributed by atoms with E-state index in [4.69, 9.17) is 32.7 Å². The fourth-order valence-corrected chi connectivity index (χ4v) is 3.46. The minimum absolute atomic E-state index is 0.167. The molecule has 10 heteroatoms. The lowest BCUT2D eigenvalue weighted by Gasteiger charge is -2.23. The third-order valence-electron chi connectivity index (χ3n) is 4.76. The van der Waals surface area contributed by atoms with E-state index in [0.717, 1.165) is 4.90 Å². The standard InChI is InChI=1S/C20H19Cl2N3O5/c1-20(11-7-8-14(29-2)15(9-11)30-3)18(27)25(19(28)24-20)10-16(26)23-13-6-4-5-12(21)17(13)22/h4-9H,10H2,1-3H3,(H,23,26)(H,24,28). The molecule has 2 N–H and O–H groups in total. The van der Waals surface area contributed by atoms with Crippen LogP contribution in [0.3, 0.4) is 0 Å². The van der Waals surface area contributed by atoms with E-state index in [1.54, 1.807) is 43.3 Å². The maximum Gasteiger partial charge on any atom is 0.325 e. The normalized spacial score (nSPS) is 18.2. The first-order valence-electron chi connectivity index (χ1n) is 8.81. The van der Waals surface area contributed by atoms with Crippen LogP contribution in [0.1, 0.15) is 12.5 Å². The summed E-state index contributed by atoms with van der Waals surface area (Å²) in [7, 11) is 2.96. The summed E-state index contributed by atoms with van der Waals surface area (Å²) in [6, 6.07) is 8.95. The van der Waals surface area contributed by atoms with E-state index in [1.165, 1.54) is 14.2 Å². The van der Waals surface area contributed by atoms with Crippen molar-refractivity contribution in [1.29, 1.82) is 0 Å². The molecule has 1 fully saturated rings. The first-order valence-corrected chi connectivity index (χ1v) is 9.57. The summed E-state index contributed by atoms with van der Waals surface area (Å²) in [5, 5.41) is 5.63. The van der Waals surface area contributed by atoms with E-state index in [1.807, 2.05) is 0 Å². The molecule has 0 radical (unpaired) electrons. The third kappa shape index (κ3) is 3.88. The van der Waals surface area contributed by atoms with Crippen LogP contribution in [0.2, 0.25) is 10.0 Å². The molecular formula is C20H19Cl2N3O5. The lowest BCUT2D eigenvalue weighted by Crippen LogP contribution is -2.42. The molecule has 0 saturated carbocycles. The first kappa shape index (κ1) is 21.7. The molecule has 8 nitrogen and oxygen atoms in total. The number of nitrogens with zero attached hydrogens (tertiary/aromatic N) is 1. The molecule has 2 aromatic carbocycles. The SMILES string of the molecule is COc1ccc(C2(C)NC(=O)N(CC(=O)Nc3cccc(Cl)c3Cl)C2=O)cc1OC. The van der Waals surface area contributed by atoms with Gasteiger partial charge in [-0.3, -0.25) is 14.5 Å². The number of rotatable bonds is 6. The van der Waals surface area contributed by atoms with Crippen LogP contribution in [-0.4, -0.2) is 43.5 Å². The Morgan fingerprint density at radius 2 is 1.83 bits per heavy atom. The number of imide groups is 1. The van der Waals surface area contributed by atoms with Gasteiger partial charge in [0.15, 0.2) is 11.5 Å². The molecule has 0 spiro atoms. The number of hydrogen-bond acceptors (Lipinski definition) is 5. The van der Waals surface area contributed by atoms with Gasteiger partial charge in [-0.25, -0.2) is 4.79 Å². The van der Waals surface area contributed by atoms with Crippen molar-refractivity contribution in [3.63, 3.8) is 0 Å². The summed E-state index contributed by atoms with van der Waals surface area (Å²) in [5.74, 6) is -0.285. The van der Waals surface area contributed by atoms with E-state index < -0.39 is 29.9 Å². The second-order valence-electron chi connectivity index (χ2n) is 6.67. The van der Waals surface area contributed by atoms with Crippen LogP contribution in [0.5, 0.6) is 11.5 Å². The largest absolute Gasteiger partial charge is 0.493 e. The van der Waals surface area contributed by atoms with Crippen molar-refractivity contribution in [2.24, 2.45) is 0 Å². The Bertz CT molecular complexity index is 1030. The van der Waals surface area contributed by atoms with Gasteiger partial charge >= 0.3 is 6.03 Å². The summed E-state index contributed by atoms with van der Waals surface area (Å²) in [6.07, 6.45) is 0. The van der Waals surface area contributed by atoms with Crippen LogP contribution in [-0.2, 0) is 15.1 Å². The fraction of sp³-hybridized carbons (Fsp3) is 0.250. The Balaban J connectivity index is 1.80. The summed E-state index contributed by atoms with van der Waals surface area (Å²) < 4.78 is 10.5. The predicted molar refractivity (Wildman–Crippen MR) is 112 cm³/mol. The zero-order chi connectivity index (χ0) is 22.1. The molecule has 1 unspecified atom stereocenters. The number of anilines is 1. The maximum absolute atomic E-state index is 13.0. The van der Waals surface area contributed by atoms with Gasteiger partial charge in [0.05, 0.1) is 30.0 Å². The van der Waals surface area contributed by atoms with Crippen LogP contribution in [0, 0.1) is 0 Å². The molecule has 2 aromatic rings. The van der Waals surface area contributed by atoms with Gasteiger partial charge in [0.25, 0.3) is 5.91 Å².